The fraction of sp³-hybridized carbons (Fsp3) is 0.391. The fourth-order valence-corrected chi connectivity index (χ4v) is 10.4. The van der Waals surface area contributed by atoms with Crippen molar-refractivity contribution < 1.29 is 23.6 Å². The number of halogens is 1. The second-order valence-corrected chi connectivity index (χ2v) is 18.7. The zero-order valence-corrected chi connectivity index (χ0v) is 37.2. The summed E-state index contributed by atoms with van der Waals surface area (Å²) in [6.07, 6.45) is 10.4. The van der Waals surface area contributed by atoms with Gasteiger partial charge in [-0.25, -0.2) is 9.97 Å². The van der Waals surface area contributed by atoms with Crippen LogP contribution in [0, 0.1) is 5.92 Å². The Hall–Kier alpha value is -5.13. The van der Waals surface area contributed by atoms with E-state index in [4.69, 9.17) is 9.40 Å². The number of hydrogen-bond donors (Lipinski definition) is 3. The Morgan fingerprint density at radius 2 is 1.39 bits per heavy atom. The highest BCUT2D eigenvalue weighted by Gasteiger charge is 2.40. The molecule has 4 atom stereocenters. The molecule has 3 N–H and O–H groups in total. The Kier molecular flexibility index (Phi) is 12.0. The van der Waals surface area contributed by atoms with Gasteiger partial charge in [0, 0.05) is 52.7 Å². The number of fused-ring (bicyclic) bond motifs is 1. The van der Waals surface area contributed by atoms with Crippen LogP contribution in [0.5, 0.6) is 0 Å². The molecule has 4 aromatic heterocycles. The summed E-state index contributed by atoms with van der Waals surface area (Å²) in [5, 5.41) is 2.62. The molecule has 0 bridgehead atoms. The smallest absolute Gasteiger partial charge is 0.298 e. The van der Waals surface area contributed by atoms with Gasteiger partial charge < -0.3 is 29.5 Å². The average molecular weight is 953 g/mol. The van der Waals surface area contributed by atoms with Gasteiger partial charge in [0.1, 0.15) is 35.0 Å². The first-order valence-electron chi connectivity index (χ1n) is 21.3. The van der Waals surface area contributed by atoms with E-state index in [9.17, 15) is 19.2 Å². The number of likely N-dealkylation sites (tertiary alicyclic amines) is 3. The van der Waals surface area contributed by atoms with Gasteiger partial charge in [0.15, 0.2) is 5.76 Å². The number of H-pyrrole nitrogens is 2. The molecule has 3 amide bonds. The second kappa shape index (κ2) is 17.7. The van der Waals surface area contributed by atoms with Crippen LogP contribution in [0.1, 0.15) is 94.1 Å². The molecule has 0 radical (unpaired) electrons. The first-order chi connectivity index (χ1) is 29.6. The van der Waals surface area contributed by atoms with Crippen molar-refractivity contribution >= 4 is 65.7 Å². The highest BCUT2D eigenvalue weighted by molar-refractivity contribution is 14.1. The maximum Gasteiger partial charge on any atom is 0.298 e. The highest BCUT2D eigenvalue weighted by atomic mass is 127. The molecular formula is C46H49IN8O5S. The molecule has 0 spiro atoms. The third kappa shape index (κ3) is 8.43. The maximum absolute atomic E-state index is 14.4. The highest BCUT2D eigenvalue weighted by Crippen LogP contribution is 2.40. The molecule has 316 valence electrons. The summed E-state index contributed by atoms with van der Waals surface area (Å²) in [6, 6.07) is 21.3. The van der Waals surface area contributed by atoms with Crippen LogP contribution in [0.3, 0.4) is 0 Å². The Labute approximate surface area is 371 Å². The number of aromatic amines is 2. The molecule has 2 aromatic carbocycles. The Bertz CT molecular complexity index is 2510. The van der Waals surface area contributed by atoms with Crippen LogP contribution in [-0.4, -0.2) is 88.4 Å². The van der Waals surface area contributed by atoms with Gasteiger partial charge >= 0.3 is 0 Å². The summed E-state index contributed by atoms with van der Waals surface area (Å²) in [5.74, 6) is 1.13. The van der Waals surface area contributed by atoms with Crippen LogP contribution in [0.2, 0.25) is 0 Å². The van der Waals surface area contributed by atoms with E-state index < -0.39 is 15.7 Å². The number of benzene rings is 2. The standard InChI is InChI=1S/C46H49IN8O5S/c1-27(2)39(52-44(57)41(47)56)45(58)54-21-9-13-33(54)43-49-26-32(51-43)35-23-38-36(60-35)24-37(61-38)29-17-15-28(16-18-29)31-25-48-42(50-31)34-14-10-22-55(34)46(59)40(30-11-5-3-6-12-30)53-19-7-4-8-20-53/h3,5-6,11-12,15-18,23-27,33-34,39-40H,4,7-10,13-14,19-22H2,1-2H3,(H,48,50)(H,49,51)(H,52,57)/t33?,34-,39-,40+/m0/s1. The molecule has 6 aromatic rings. The van der Waals surface area contributed by atoms with E-state index in [-0.39, 0.29) is 35.9 Å². The monoisotopic (exact) mass is 952 g/mol. The van der Waals surface area contributed by atoms with Gasteiger partial charge in [0.2, 0.25) is 11.8 Å². The minimum absolute atomic E-state index is 0.0878. The van der Waals surface area contributed by atoms with Gasteiger partial charge in [-0.1, -0.05) is 74.9 Å². The topological polar surface area (TPSA) is 161 Å². The molecule has 0 aliphatic carbocycles. The number of nitrogens with one attached hydrogen (secondary N) is 3. The van der Waals surface area contributed by atoms with E-state index in [1.165, 1.54) is 29.0 Å². The number of imidazole rings is 2. The van der Waals surface area contributed by atoms with Crippen molar-refractivity contribution in [3.63, 3.8) is 0 Å². The Balaban J connectivity index is 0.866. The number of thiophene rings is 1. The van der Waals surface area contributed by atoms with Crippen molar-refractivity contribution in [2.24, 2.45) is 5.92 Å². The zero-order valence-electron chi connectivity index (χ0n) is 34.2. The molecule has 3 saturated heterocycles. The molecule has 7 heterocycles. The summed E-state index contributed by atoms with van der Waals surface area (Å²) >= 11 is 3.08. The van der Waals surface area contributed by atoms with Crippen LogP contribution in [0.4, 0.5) is 0 Å². The number of piperidine rings is 1. The van der Waals surface area contributed by atoms with E-state index in [1.807, 2.05) is 44.3 Å². The third-order valence-electron chi connectivity index (χ3n) is 12.3. The third-order valence-corrected chi connectivity index (χ3v) is 14.0. The first kappa shape index (κ1) is 41.2. The molecule has 3 fully saturated rings. The number of carbonyl (C=O) groups excluding carboxylic acids is 4. The van der Waals surface area contributed by atoms with E-state index in [0.717, 1.165) is 107 Å². The van der Waals surface area contributed by atoms with Crippen molar-refractivity contribution in [3.8, 4) is 33.2 Å². The maximum atomic E-state index is 14.4. The van der Waals surface area contributed by atoms with Crippen molar-refractivity contribution in [3.05, 3.63) is 96.3 Å². The normalized spacial score (nSPS) is 19.5. The second-order valence-electron chi connectivity index (χ2n) is 16.6. The molecule has 13 nitrogen and oxygen atoms in total. The Morgan fingerprint density at radius 1 is 0.770 bits per heavy atom. The van der Waals surface area contributed by atoms with Crippen molar-refractivity contribution in [1.29, 1.82) is 0 Å². The molecule has 61 heavy (non-hydrogen) atoms. The predicted octanol–water partition coefficient (Wildman–Crippen LogP) is 8.60. The molecular weight excluding hydrogens is 904 g/mol. The number of rotatable bonds is 12. The molecule has 3 aliphatic rings. The largest absolute Gasteiger partial charge is 0.454 e. The average Bonchev–Trinajstić information content (AvgIpc) is 4.13. The van der Waals surface area contributed by atoms with E-state index >= 15 is 0 Å². The zero-order chi connectivity index (χ0) is 42.2. The SMILES string of the molecule is CC(C)[C@H](NC(=O)C(=O)I)C(=O)N1CCCC1c1ncc(-c2cc3sc(-c4ccc(-c5cnc([C@@H]6CCCN6C(=O)[C@@H](c6ccccc6)N6CCCCC6)[nH]5)cc4)cc3o2)[nH]1. The van der Waals surface area contributed by atoms with Gasteiger partial charge in [-0.2, -0.15) is 0 Å². The summed E-state index contributed by atoms with van der Waals surface area (Å²) in [5.41, 5.74) is 5.57. The fourth-order valence-electron chi connectivity index (χ4n) is 9.21. The van der Waals surface area contributed by atoms with Gasteiger partial charge in [-0.3, -0.25) is 24.1 Å². The van der Waals surface area contributed by atoms with Crippen molar-refractivity contribution in [1.82, 2.24) is 40.0 Å². The first-order valence-corrected chi connectivity index (χ1v) is 23.2. The van der Waals surface area contributed by atoms with Crippen molar-refractivity contribution in [2.75, 3.05) is 26.2 Å². The van der Waals surface area contributed by atoms with Crippen LogP contribution < -0.4 is 5.32 Å². The van der Waals surface area contributed by atoms with Gasteiger partial charge in [0.25, 0.3) is 9.70 Å². The lowest BCUT2D eigenvalue weighted by atomic mass is 10.00. The number of nitrogens with zero attached hydrogens (tertiary/aromatic N) is 5. The Morgan fingerprint density at radius 3 is 2.03 bits per heavy atom. The van der Waals surface area contributed by atoms with Crippen molar-refractivity contribution in [2.45, 2.75) is 83.0 Å². The van der Waals surface area contributed by atoms with Gasteiger partial charge in [-0.15, -0.1) is 11.3 Å². The van der Waals surface area contributed by atoms with Gasteiger partial charge in [-0.05, 0) is 74.2 Å². The predicted molar refractivity (Wildman–Crippen MR) is 242 cm³/mol. The number of hydrogen-bond acceptors (Lipinski definition) is 9. The summed E-state index contributed by atoms with van der Waals surface area (Å²) < 4.78 is 6.67. The number of furan rings is 1. The summed E-state index contributed by atoms with van der Waals surface area (Å²) in [4.78, 5) is 75.5. The lowest BCUT2D eigenvalue weighted by Gasteiger charge is -2.37. The van der Waals surface area contributed by atoms with Crippen LogP contribution in [0.25, 0.3) is 43.4 Å². The molecule has 9 rings (SSSR count). The molecule has 3 aliphatic heterocycles. The van der Waals surface area contributed by atoms with Crippen LogP contribution in [0.15, 0.2) is 83.5 Å². The molecule has 1 unspecified atom stereocenters. The summed E-state index contributed by atoms with van der Waals surface area (Å²) in [6.45, 7) is 6.85. The van der Waals surface area contributed by atoms with E-state index in [0.29, 0.717) is 18.1 Å². The number of aromatic nitrogens is 4. The van der Waals surface area contributed by atoms with Crippen LogP contribution >= 0.6 is 33.9 Å². The molecule has 15 heteroatoms. The minimum atomic E-state index is -0.809. The quantitative estimate of drug-likeness (QED) is 0.0625. The lowest BCUT2D eigenvalue weighted by molar-refractivity contribution is -0.140. The van der Waals surface area contributed by atoms with Gasteiger partial charge in [0.05, 0.1) is 34.9 Å². The summed E-state index contributed by atoms with van der Waals surface area (Å²) in [7, 11) is 0. The minimum Gasteiger partial charge on any atom is -0.454 e. The van der Waals surface area contributed by atoms with E-state index in [2.05, 4.69) is 72.5 Å². The number of amides is 3. The molecule has 0 saturated carbocycles. The van der Waals surface area contributed by atoms with Crippen LogP contribution in [-0.2, 0) is 19.2 Å². The lowest BCUT2D eigenvalue weighted by Crippen LogP contribution is -2.52. The van der Waals surface area contributed by atoms with E-state index in [1.54, 1.807) is 22.4 Å². The number of carbonyl (C=O) groups is 4.